The molecule has 0 unspecified atom stereocenters. The van der Waals surface area contributed by atoms with Crippen LogP contribution in [0.2, 0.25) is 5.15 Å². The molecule has 1 aliphatic rings. The molecular formula is C18H25ClN6O. The van der Waals surface area contributed by atoms with Crippen molar-refractivity contribution < 1.29 is 4.79 Å². The van der Waals surface area contributed by atoms with Crippen LogP contribution in [0.4, 0.5) is 5.82 Å². The van der Waals surface area contributed by atoms with Gasteiger partial charge in [-0.15, -0.1) is 0 Å². The molecule has 2 aromatic rings. The van der Waals surface area contributed by atoms with Crippen molar-refractivity contribution in [3.63, 3.8) is 0 Å². The first kappa shape index (κ1) is 18.6. The largest absolute Gasteiger partial charge is 0.353 e. The lowest BCUT2D eigenvalue weighted by atomic mass is 10.2. The average Bonchev–Trinajstić information content (AvgIpc) is 2.86. The van der Waals surface area contributed by atoms with Crippen LogP contribution in [0.1, 0.15) is 47.3 Å². The van der Waals surface area contributed by atoms with Gasteiger partial charge in [-0.05, 0) is 13.8 Å². The molecule has 7 nitrogen and oxygen atoms in total. The van der Waals surface area contributed by atoms with Crippen LogP contribution in [0, 0.1) is 13.8 Å². The highest BCUT2D eigenvalue weighted by molar-refractivity contribution is 6.33. The SMILES string of the molecule is Cc1cc(N2CCN(C(=O)c3c(C)nn(C)c3Cl)CC2)nc(C(C)C)n1. The second-order valence-electron chi connectivity index (χ2n) is 7.03. The van der Waals surface area contributed by atoms with Gasteiger partial charge in [0.05, 0.1) is 11.3 Å². The van der Waals surface area contributed by atoms with E-state index in [9.17, 15) is 4.79 Å². The monoisotopic (exact) mass is 376 g/mol. The zero-order chi connectivity index (χ0) is 19.0. The zero-order valence-electron chi connectivity index (χ0n) is 16.0. The first-order valence-corrected chi connectivity index (χ1v) is 9.24. The molecule has 0 bridgehead atoms. The summed E-state index contributed by atoms with van der Waals surface area (Å²) in [5, 5.41) is 4.63. The number of hydrogen-bond acceptors (Lipinski definition) is 5. The molecule has 0 saturated carbocycles. The Bertz CT molecular complexity index is 823. The summed E-state index contributed by atoms with van der Waals surface area (Å²) >= 11 is 6.24. The third-order valence-corrected chi connectivity index (χ3v) is 5.06. The number of hydrogen-bond donors (Lipinski definition) is 0. The van der Waals surface area contributed by atoms with E-state index in [1.165, 1.54) is 4.68 Å². The Kier molecular flexibility index (Phi) is 5.18. The zero-order valence-corrected chi connectivity index (χ0v) is 16.7. The van der Waals surface area contributed by atoms with Crippen molar-refractivity contribution >= 4 is 23.3 Å². The summed E-state index contributed by atoms with van der Waals surface area (Å²) in [7, 11) is 1.74. The maximum Gasteiger partial charge on any atom is 0.259 e. The number of piperazine rings is 1. The Morgan fingerprint density at radius 1 is 1.15 bits per heavy atom. The van der Waals surface area contributed by atoms with Crippen LogP contribution in [0.15, 0.2) is 6.07 Å². The van der Waals surface area contributed by atoms with Crippen LogP contribution in [0.3, 0.4) is 0 Å². The van der Waals surface area contributed by atoms with Gasteiger partial charge >= 0.3 is 0 Å². The summed E-state index contributed by atoms with van der Waals surface area (Å²) in [4.78, 5) is 26.1. The van der Waals surface area contributed by atoms with Crippen molar-refractivity contribution in [2.24, 2.45) is 7.05 Å². The highest BCUT2D eigenvalue weighted by Gasteiger charge is 2.28. The van der Waals surface area contributed by atoms with Crippen LogP contribution in [0.25, 0.3) is 0 Å². The topological polar surface area (TPSA) is 67.2 Å². The summed E-state index contributed by atoms with van der Waals surface area (Å²) in [5.74, 6) is 2.02. The van der Waals surface area contributed by atoms with Gasteiger partial charge < -0.3 is 9.80 Å². The lowest BCUT2D eigenvalue weighted by Gasteiger charge is -2.35. The predicted octanol–water partition coefficient (Wildman–Crippen LogP) is 2.57. The molecule has 3 rings (SSSR count). The van der Waals surface area contributed by atoms with Gasteiger partial charge in [0.25, 0.3) is 5.91 Å². The maximum atomic E-state index is 12.8. The fourth-order valence-corrected chi connectivity index (χ4v) is 3.42. The van der Waals surface area contributed by atoms with Gasteiger partial charge in [-0.3, -0.25) is 9.48 Å². The summed E-state index contributed by atoms with van der Waals surface area (Å²) in [6.45, 7) is 10.7. The number of carbonyl (C=O) groups is 1. The molecule has 1 aliphatic heterocycles. The van der Waals surface area contributed by atoms with Crippen molar-refractivity contribution in [1.82, 2.24) is 24.6 Å². The van der Waals surface area contributed by atoms with E-state index in [0.717, 1.165) is 30.4 Å². The smallest absolute Gasteiger partial charge is 0.259 e. The minimum atomic E-state index is -0.0537. The van der Waals surface area contributed by atoms with E-state index in [1.54, 1.807) is 7.05 Å². The van der Waals surface area contributed by atoms with Gasteiger partial charge in [-0.1, -0.05) is 25.4 Å². The van der Waals surface area contributed by atoms with Crippen LogP contribution < -0.4 is 4.90 Å². The maximum absolute atomic E-state index is 12.8. The molecule has 1 fully saturated rings. The molecule has 3 heterocycles. The minimum Gasteiger partial charge on any atom is -0.353 e. The van der Waals surface area contributed by atoms with E-state index < -0.39 is 0 Å². The van der Waals surface area contributed by atoms with Gasteiger partial charge in [0.15, 0.2) is 0 Å². The van der Waals surface area contributed by atoms with E-state index in [0.29, 0.717) is 29.5 Å². The van der Waals surface area contributed by atoms with E-state index in [2.05, 4.69) is 28.8 Å². The Morgan fingerprint density at radius 3 is 2.35 bits per heavy atom. The second-order valence-corrected chi connectivity index (χ2v) is 7.39. The molecule has 140 valence electrons. The summed E-state index contributed by atoms with van der Waals surface area (Å²) in [5.41, 5.74) is 2.13. The average molecular weight is 377 g/mol. The van der Waals surface area contributed by atoms with Gasteiger partial charge in [0.1, 0.15) is 16.8 Å². The predicted molar refractivity (Wildman–Crippen MR) is 102 cm³/mol. The van der Waals surface area contributed by atoms with E-state index in [4.69, 9.17) is 16.6 Å². The Balaban J connectivity index is 1.72. The number of aryl methyl sites for hydroxylation is 3. The fourth-order valence-electron chi connectivity index (χ4n) is 3.16. The van der Waals surface area contributed by atoms with Crippen molar-refractivity contribution in [3.05, 3.63) is 34.0 Å². The molecule has 26 heavy (non-hydrogen) atoms. The third kappa shape index (κ3) is 3.53. The number of aromatic nitrogens is 4. The number of amides is 1. The van der Waals surface area contributed by atoms with Crippen LogP contribution in [-0.2, 0) is 7.05 Å². The van der Waals surface area contributed by atoms with E-state index in [1.807, 2.05) is 24.8 Å². The van der Waals surface area contributed by atoms with Crippen molar-refractivity contribution in [2.75, 3.05) is 31.1 Å². The lowest BCUT2D eigenvalue weighted by molar-refractivity contribution is 0.0746. The first-order valence-electron chi connectivity index (χ1n) is 8.86. The summed E-state index contributed by atoms with van der Waals surface area (Å²) < 4.78 is 1.54. The number of anilines is 1. The van der Waals surface area contributed by atoms with Crippen LogP contribution in [0.5, 0.6) is 0 Å². The third-order valence-electron chi connectivity index (χ3n) is 4.63. The van der Waals surface area contributed by atoms with Crippen LogP contribution >= 0.6 is 11.6 Å². The number of halogens is 1. The molecule has 0 atom stereocenters. The highest BCUT2D eigenvalue weighted by Crippen LogP contribution is 2.23. The van der Waals surface area contributed by atoms with Crippen molar-refractivity contribution in [1.29, 1.82) is 0 Å². The minimum absolute atomic E-state index is 0.0537. The van der Waals surface area contributed by atoms with Gasteiger partial charge in [-0.25, -0.2) is 9.97 Å². The van der Waals surface area contributed by atoms with Crippen molar-refractivity contribution in [3.8, 4) is 0 Å². The summed E-state index contributed by atoms with van der Waals surface area (Å²) in [6.07, 6.45) is 0. The number of nitrogens with zero attached hydrogens (tertiary/aromatic N) is 6. The molecule has 0 aromatic carbocycles. The van der Waals surface area contributed by atoms with E-state index >= 15 is 0 Å². The van der Waals surface area contributed by atoms with Gasteiger partial charge in [0, 0.05) is 50.9 Å². The van der Waals surface area contributed by atoms with Crippen LogP contribution in [-0.4, -0.2) is 56.7 Å². The molecule has 0 N–H and O–H groups in total. The Morgan fingerprint density at radius 2 is 1.81 bits per heavy atom. The Labute approximate surface area is 159 Å². The molecule has 1 amide bonds. The van der Waals surface area contributed by atoms with Gasteiger partial charge in [-0.2, -0.15) is 5.10 Å². The standard InChI is InChI=1S/C18H25ClN6O/c1-11(2)17-20-12(3)10-14(21-17)24-6-8-25(9-7-24)18(26)15-13(4)22-23(5)16(15)19/h10-11H,6-9H2,1-5H3. The number of rotatable bonds is 3. The lowest BCUT2D eigenvalue weighted by Crippen LogP contribution is -2.49. The Hall–Kier alpha value is -2.15. The molecule has 0 spiro atoms. The highest BCUT2D eigenvalue weighted by atomic mass is 35.5. The molecule has 8 heteroatoms. The molecule has 1 saturated heterocycles. The van der Waals surface area contributed by atoms with Gasteiger partial charge in [0.2, 0.25) is 0 Å². The van der Waals surface area contributed by atoms with Crippen molar-refractivity contribution in [2.45, 2.75) is 33.6 Å². The molecular weight excluding hydrogens is 352 g/mol. The normalized spacial score (nSPS) is 15.0. The quantitative estimate of drug-likeness (QED) is 0.823. The summed E-state index contributed by atoms with van der Waals surface area (Å²) in [6, 6.07) is 2.01. The second kappa shape index (κ2) is 7.23. The van der Waals surface area contributed by atoms with E-state index in [-0.39, 0.29) is 11.8 Å². The molecule has 0 aliphatic carbocycles. The molecule has 2 aromatic heterocycles. The number of carbonyl (C=O) groups excluding carboxylic acids is 1. The first-order chi connectivity index (χ1) is 12.3. The molecule has 0 radical (unpaired) electrons. The fraction of sp³-hybridized carbons (Fsp3) is 0.556.